The van der Waals surface area contributed by atoms with E-state index in [9.17, 15) is 14.4 Å². The summed E-state index contributed by atoms with van der Waals surface area (Å²) >= 11 is 0. The zero-order valence-corrected chi connectivity index (χ0v) is 9.03. The number of ketones is 1. The van der Waals surface area contributed by atoms with E-state index in [1.54, 1.807) is 6.92 Å². The normalized spacial score (nSPS) is 13.5. The van der Waals surface area contributed by atoms with E-state index in [1.165, 1.54) is 6.92 Å². The second kappa shape index (κ2) is 5.29. The lowest BCUT2D eigenvalue weighted by atomic mass is 10.0. The molecule has 0 aromatic rings. The first-order valence-electron chi connectivity index (χ1n) is 4.42. The first-order valence-corrected chi connectivity index (χ1v) is 4.42. The van der Waals surface area contributed by atoms with Crippen LogP contribution in [0.1, 0.15) is 20.8 Å². The van der Waals surface area contributed by atoms with E-state index in [2.05, 4.69) is 16.1 Å². The van der Waals surface area contributed by atoms with E-state index in [1.807, 2.05) is 0 Å². The lowest BCUT2D eigenvalue weighted by molar-refractivity contribution is -0.180. The number of carbonyl (C=O) groups is 3. The summed E-state index contributed by atoms with van der Waals surface area (Å²) in [6.07, 6.45) is 0.875. The van der Waals surface area contributed by atoms with E-state index in [4.69, 9.17) is 0 Å². The van der Waals surface area contributed by atoms with Crippen LogP contribution in [-0.4, -0.2) is 29.9 Å². The Morgan fingerprint density at radius 3 is 2.27 bits per heavy atom. The molecule has 84 valence electrons. The Kier molecular flexibility index (Phi) is 4.70. The molecule has 0 aromatic carbocycles. The maximum atomic E-state index is 11.4. The van der Waals surface area contributed by atoms with Crippen LogP contribution < -0.4 is 0 Å². The van der Waals surface area contributed by atoms with E-state index in [0.29, 0.717) is 0 Å². The smallest absolute Gasteiger partial charge is 0.358 e. The van der Waals surface area contributed by atoms with Crippen LogP contribution in [0.25, 0.3) is 0 Å². The first-order chi connectivity index (χ1) is 6.88. The van der Waals surface area contributed by atoms with Gasteiger partial charge in [0.05, 0.1) is 6.61 Å². The molecule has 0 amide bonds. The number of rotatable bonds is 5. The van der Waals surface area contributed by atoms with Crippen LogP contribution in [0.15, 0.2) is 12.7 Å². The Hall–Kier alpha value is -1.65. The second-order valence-electron chi connectivity index (χ2n) is 2.94. The highest BCUT2D eigenvalue weighted by Gasteiger charge is 2.43. The molecule has 5 nitrogen and oxygen atoms in total. The molecule has 0 saturated carbocycles. The minimum Gasteiger partial charge on any atom is -0.463 e. The molecule has 0 saturated heterocycles. The quantitative estimate of drug-likeness (QED) is 0.381. The van der Waals surface area contributed by atoms with Crippen molar-refractivity contribution in [2.45, 2.75) is 26.4 Å². The molecule has 15 heavy (non-hydrogen) atoms. The third-order valence-electron chi connectivity index (χ3n) is 1.81. The summed E-state index contributed by atoms with van der Waals surface area (Å²) in [5.74, 6) is -2.33. The van der Waals surface area contributed by atoms with Crippen LogP contribution in [0, 0.1) is 0 Å². The fourth-order valence-corrected chi connectivity index (χ4v) is 0.769. The van der Waals surface area contributed by atoms with Crippen molar-refractivity contribution in [3.8, 4) is 0 Å². The topological polar surface area (TPSA) is 69.7 Å². The highest BCUT2D eigenvalue weighted by atomic mass is 16.6. The van der Waals surface area contributed by atoms with Gasteiger partial charge in [0, 0.05) is 6.08 Å². The van der Waals surface area contributed by atoms with E-state index in [0.717, 1.165) is 13.0 Å². The average molecular weight is 214 g/mol. The molecule has 0 N–H and O–H groups in total. The van der Waals surface area contributed by atoms with Gasteiger partial charge in [0.1, 0.15) is 0 Å². The highest BCUT2D eigenvalue weighted by molar-refractivity contribution is 6.07. The van der Waals surface area contributed by atoms with Gasteiger partial charge >= 0.3 is 11.9 Å². The number of Topliss-reactive ketones (excluding diaryl/α,β-unsaturated/α-hetero) is 1. The molecular formula is C10H14O5. The Morgan fingerprint density at radius 2 is 1.93 bits per heavy atom. The summed E-state index contributed by atoms with van der Waals surface area (Å²) in [7, 11) is 0. The van der Waals surface area contributed by atoms with Gasteiger partial charge in [-0.25, -0.2) is 9.59 Å². The number of hydrogen-bond donors (Lipinski definition) is 0. The van der Waals surface area contributed by atoms with Gasteiger partial charge in [-0.15, -0.1) is 0 Å². The molecule has 5 heteroatoms. The minimum atomic E-state index is -1.89. The van der Waals surface area contributed by atoms with Crippen LogP contribution >= 0.6 is 0 Å². The number of ether oxygens (including phenoxy) is 2. The van der Waals surface area contributed by atoms with Crippen molar-refractivity contribution >= 4 is 17.7 Å². The average Bonchev–Trinajstić information content (AvgIpc) is 2.17. The van der Waals surface area contributed by atoms with E-state index in [-0.39, 0.29) is 6.61 Å². The molecule has 0 bridgehead atoms. The molecule has 0 aliphatic rings. The number of hydrogen-bond acceptors (Lipinski definition) is 5. The Balaban J connectivity index is 4.89. The van der Waals surface area contributed by atoms with Crippen LogP contribution in [0.3, 0.4) is 0 Å². The molecule has 0 rings (SSSR count). The summed E-state index contributed by atoms with van der Waals surface area (Å²) in [4.78, 5) is 33.6. The van der Waals surface area contributed by atoms with Crippen molar-refractivity contribution < 1.29 is 23.9 Å². The zero-order chi connectivity index (χ0) is 12.1. The summed E-state index contributed by atoms with van der Waals surface area (Å²) < 4.78 is 9.32. The van der Waals surface area contributed by atoms with Gasteiger partial charge < -0.3 is 9.47 Å². The monoisotopic (exact) mass is 214 g/mol. The van der Waals surface area contributed by atoms with Crippen molar-refractivity contribution in [1.82, 2.24) is 0 Å². The summed E-state index contributed by atoms with van der Waals surface area (Å²) in [6.45, 7) is 7.20. The van der Waals surface area contributed by atoms with Crippen molar-refractivity contribution in [2.75, 3.05) is 6.61 Å². The van der Waals surface area contributed by atoms with Crippen molar-refractivity contribution in [2.24, 2.45) is 0 Å². The Bertz CT molecular complexity index is 294. The fourth-order valence-electron chi connectivity index (χ4n) is 0.769. The summed E-state index contributed by atoms with van der Waals surface area (Å²) in [5.41, 5.74) is -1.89. The van der Waals surface area contributed by atoms with Crippen LogP contribution in [0.2, 0.25) is 0 Å². The van der Waals surface area contributed by atoms with Gasteiger partial charge in [-0.05, 0) is 20.8 Å². The van der Waals surface area contributed by atoms with Gasteiger partial charge in [0.25, 0.3) is 5.60 Å². The lowest BCUT2D eigenvalue weighted by Gasteiger charge is -2.23. The van der Waals surface area contributed by atoms with Crippen molar-refractivity contribution in [1.29, 1.82) is 0 Å². The molecule has 0 heterocycles. The molecular weight excluding hydrogens is 200 g/mol. The molecule has 1 atom stereocenters. The molecule has 0 spiro atoms. The lowest BCUT2D eigenvalue weighted by Crippen LogP contribution is -2.47. The summed E-state index contributed by atoms with van der Waals surface area (Å²) in [5, 5.41) is 0. The number of carbonyl (C=O) groups excluding carboxylic acids is 3. The van der Waals surface area contributed by atoms with E-state index < -0.39 is 23.3 Å². The van der Waals surface area contributed by atoms with Gasteiger partial charge in [0.15, 0.2) is 5.78 Å². The third-order valence-corrected chi connectivity index (χ3v) is 1.81. The molecule has 1 unspecified atom stereocenters. The molecule has 0 aliphatic heterocycles. The predicted molar refractivity (Wildman–Crippen MR) is 52.0 cm³/mol. The SMILES string of the molecule is C=CC(=O)OC(C)(C(C)=O)C(=O)OCC. The fraction of sp³-hybridized carbons (Fsp3) is 0.500. The highest BCUT2D eigenvalue weighted by Crippen LogP contribution is 2.15. The van der Waals surface area contributed by atoms with E-state index >= 15 is 0 Å². The minimum absolute atomic E-state index is 0.105. The standard InChI is InChI=1S/C10H14O5/c1-5-8(12)15-10(4,7(3)11)9(13)14-6-2/h5H,1,6H2,2-4H3. The molecule has 0 aromatic heterocycles. The van der Waals surface area contributed by atoms with Gasteiger partial charge in [-0.2, -0.15) is 0 Å². The molecule has 0 fully saturated rings. The largest absolute Gasteiger partial charge is 0.463 e. The van der Waals surface area contributed by atoms with Gasteiger partial charge in [-0.3, -0.25) is 4.79 Å². The third kappa shape index (κ3) is 3.19. The predicted octanol–water partition coefficient (Wildman–Crippen LogP) is 0.626. The second-order valence-corrected chi connectivity index (χ2v) is 2.94. The maximum Gasteiger partial charge on any atom is 0.358 e. The molecule has 0 aliphatic carbocycles. The van der Waals surface area contributed by atoms with Crippen molar-refractivity contribution in [3.63, 3.8) is 0 Å². The first kappa shape index (κ1) is 13.4. The zero-order valence-electron chi connectivity index (χ0n) is 9.03. The Morgan fingerprint density at radius 1 is 1.40 bits per heavy atom. The number of esters is 2. The van der Waals surface area contributed by atoms with Crippen LogP contribution in [-0.2, 0) is 23.9 Å². The van der Waals surface area contributed by atoms with Crippen LogP contribution in [0.5, 0.6) is 0 Å². The maximum absolute atomic E-state index is 11.4. The summed E-state index contributed by atoms with van der Waals surface area (Å²) in [6, 6.07) is 0. The van der Waals surface area contributed by atoms with Gasteiger partial charge in [-0.1, -0.05) is 6.58 Å². The van der Waals surface area contributed by atoms with Gasteiger partial charge in [0.2, 0.25) is 0 Å². The Labute approximate surface area is 88.0 Å². The van der Waals surface area contributed by atoms with Crippen molar-refractivity contribution in [3.05, 3.63) is 12.7 Å². The van der Waals surface area contributed by atoms with Crippen LogP contribution in [0.4, 0.5) is 0 Å². The molecule has 0 radical (unpaired) electrons.